The number of nitrogens with one attached hydrogen (secondary N) is 1. The predicted octanol–water partition coefficient (Wildman–Crippen LogP) is 3.67. The van der Waals surface area contributed by atoms with E-state index in [0.29, 0.717) is 5.75 Å². The molecule has 0 saturated heterocycles. The summed E-state index contributed by atoms with van der Waals surface area (Å²) in [5, 5.41) is 12.1. The van der Waals surface area contributed by atoms with Crippen LogP contribution in [0.15, 0.2) is 42.5 Å². The molecule has 0 aliphatic heterocycles. The minimum absolute atomic E-state index is 0.0111. The minimum Gasteiger partial charge on any atom is -0.392 e. The van der Waals surface area contributed by atoms with Gasteiger partial charge in [-0.15, -0.1) is 11.8 Å². The molecule has 0 atom stereocenters. The topological polar surface area (TPSA) is 49.3 Å². The second-order valence-corrected chi connectivity index (χ2v) is 6.25. The molecule has 1 amide bonds. The number of carbonyl (C=O) groups excluding carboxylic acids is 1. The Hall–Kier alpha value is -1.78. The number of amides is 1. The lowest BCUT2D eigenvalue weighted by atomic mass is 10.1. The minimum atomic E-state index is 0.0111. The van der Waals surface area contributed by atoms with Gasteiger partial charge in [0.15, 0.2) is 0 Å². The molecule has 0 bridgehead atoms. The van der Waals surface area contributed by atoms with Crippen molar-refractivity contribution in [1.29, 1.82) is 0 Å². The van der Waals surface area contributed by atoms with Crippen molar-refractivity contribution in [2.45, 2.75) is 26.2 Å². The first-order valence-electron chi connectivity index (χ1n) is 7.22. The summed E-state index contributed by atoms with van der Waals surface area (Å²) in [6, 6.07) is 13.7. The summed E-state index contributed by atoms with van der Waals surface area (Å²) in [5.41, 5.74) is 5.18. The molecule has 0 aliphatic carbocycles. The van der Waals surface area contributed by atoms with Crippen LogP contribution in [0.5, 0.6) is 0 Å². The van der Waals surface area contributed by atoms with E-state index in [1.54, 1.807) is 11.8 Å². The molecule has 2 N–H and O–H groups in total. The molecule has 0 saturated carbocycles. The molecule has 3 nitrogen and oxygen atoms in total. The number of aryl methyl sites for hydroxylation is 1. The van der Waals surface area contributed by atoms with Crippen LogP contribution in [0.3, 0.4) is 0 Å². The molecule has 2 aromatic carbocycles. The quantitative estimate of drug-likeness (QED) is 0.855. The highest BCUT2D eigenvalue weighted by Gasteiger charge is 2.06. The molecular formula is C18H21NO2S. The van der Waals surface area contributed by atoms with Crippen molar-refractivity contribution in [2.24, 2.45) is 0 Å². The molecule has 2 aromatic rings. The summed E-state index contributed by atoms with van der Waals surface area (Å²) >= 11 is 1.57. The first kappa shape index (κ1) is 16.6. The van der Waals surface area contributed by atoms with Crippen LogP contribution in [0, 0.1) is 13.8 Å². The van der Waals surface area contributed by atoms with Crippen LogP contribution in [0.1, 0.15) is 22.3 Å². The maximum absolute atomic E-state index is 12.0. The molecular weight excluding hydrogens is 294 g/mol. The second kappa shape index (κ2) is 8.01. The lowest BCUT2D eigenvalue weighted by Crippen LogP contribution is -2.15. The number of aliphatic hydroxyl groups is 1. The highest BCUT2D eigenvalue weighted by atomic mass is 32.2. The molecule has 0 heterocycles. The summed E-state index contributed by atoms with van der Waals surface area (Å²) in [6.45, 7) is 4.10. The number of thioether (sulfide) groups is 1. The molecule has 0 aliphatic rings. The number of aliphatic hydroxyl groups excluding tert-OH is 1. The average Bonchev–Trinajstić information content (AvgIpc) is 2.52. The molecule has 116 valence electrons. The molecule has 22 heavy (non-hydrogen) atoms. The highest BCUT2D eigenvalue weighted by Crippen LogP contribution is 2.19. The number of hydrogen-bond donors (Lipinski definition) is 2. The lowest BCUT2D eigenvalue weighted by Gasteiger charge is -2.10. The van der Waals surface area contributed by atoms with Crippen molar-refractivity contribution in [3.05, 3.63) is 64.7 Å². The van der Waals surface area contributed by atoms with Gasteiger partial charge in [0.05, 0.1) is 12.4 Å². The fourth-order valence-electron chi connectivity index (χ4n) is 2.15. The Labute approximate surface area is 135 Å². The van der Waals surface area contributed by atoms with Crippen LogP contribution < -0.4 is 5.32 Å². The Morgan fingerprint density at radius 3 is 2.64 bits per heavy atom. The highest BCUT2D eigenvalue weighted by molar-refractivity contribution is 7.99. The lowest BCUT2D eigenvalue weighted by molar-refractivity contribution is -0.113. The van der Waals surface area contributed by atoms with Crippen molar-refractivity contribution in [2.75, 3.05) is 11.1 Å². The summed E-state index contributed by atoms with van der Waals surface area (Å²) in [7, 11) is 0. The van der Waals surface area contributed by atoms with Crippen molar-refractivity contribution in [1.82, 2.24) is 0 Å². The number of hydrogen-bond acceptors (Lipinski definition) is 3. The van der Waals surface area contributed by atoms with Crippen molar-refractivity contribution in [3.8, 4) is 0 Å². The van der Waals surface area contributed by atoms with Crippen LogP contribution in [0.25, 0.3) is 0 Å². The van der Waals surface area contributed by atoms with E-state index in [2.05, 4.69) is 5.32 Å². The van der Waals surface area contributed by atoms with Crippen LogP contribution in [0.4, 0.5) is 5.69 Å². The molecule has 2 rings (SSSR count). The molecule has 0 radical (unpaired) electrons. The van der Waals surface area contributed by atoms with E-state index >= 15 is 0 Å². The van der Waals surface area contributed by atoms with Gasteiger partial charge in [-0.05, 0) is 42.2 Å². The number of carbonyl (C=O) groups is 1. The van der Waals surface area contributed by atoms with Gasteiger partial charge < -0.3 is 10.4 Å². The maximum Gasteiger partial charge on any atom is 0.234 e. The smallest absolute Gasteiger partial charge is 0.234 e. The Morgan fingerprint density at radius 2 is 1.86 bits per heavy atom. The monoisotopic (exact) mass is 315 g/mol. The normalized spacial score (nSPS) is 10.5. The fraction of sp³-hybridized carbons (Fsp3) is 0.278. The van der Waals surface area contributed by atoms with Gasteiger partial charge >= 0.3 is 0 Å². The van der Waals surface area contributed by atoms with Crippen molar-refractivity contribution >= 4 is 23.4 Å². The number of rotatable bonds is 6. The third-order valence-corrected chi connectivity index (χ3v) is 4.56. The van der Waals surface area contributed by atoms with E-state index in [1.165, 1.54) is 5.56 Å². The maximum atomic E-state index is 12.0. The van der Waals surface area contributed by atoms with E-state index in [4.69, 9.17) is 5.11 Å². The number of benzene rings is 2. The van der Waals surface area contributed by atoms with Crippen LogP contribution in [0.2, 0.25) is 0 Å². The van der Waals surface area contributed by atoms with Gasteiger partial charge in [0.25, 0.3) is 0 Å². The van der Waals surface area contributed by atoms with Gasteiger partial charge in [-0.1, -0.05) is 36.4 Å². The summed E-state index contributed by atoms with van der Waals surface area (Å²) < 4.78 is 0. The van der Waals surface area contributed by atoms with Gasteiger partial charge in [0, 0.05) is 11.4 Å². The van der Waals surface area contributed by atoms with Crippen molar-refractivity contribution < 1.29 is 9.90 Å². The third-order valence-electron chi connectivity index (χ3n) is 3.55. The van der Waals surface area contributed by atoms with E-state index < -0.39 is 0 Å². The summed E-state index contributed by atoms with van der Waals surface area (Å²) in [6.07, 6.45) is 0. The molecule has 0 spiro atoms. The van der Waals surface area contributed by atoms with Crippen molar-refractivity contribution in [3.63, 3.8) is 0 Å². The standard InChI is InChI=1S/C18H21NO2S/c1-13-5-3-8-17(14(13)2)19-18(21)12-22-11-16-7-4-6-15(9-16)10-20/h3-9,20H,10-12H2,1-2H3,(H,19,21). The van der Waals surface area contributed by atoms with Gasteiger partial charge in [-0.2, -0.15) is 0 Å². The Morgan fingerprint density at radius 1 is 1.14 bits per heavy atom. The van der Waals surface area contributed by atoms with Gasteiger partial charge in [0.2, 0.25) is 5.91 Å². The predicted molar refractivity (Wildman–Crippen MR) is 93.1 cm³/mol. The fourth-order valence-corrected chi connectivity index (χ4v) is 2.93. The Kier molecular flexibility index (Phi) is 6.04. The van der Waals surface area contributed by atoms with E-state index in [9.17, 15) is 4.79 Å². The zero-order valence-corrected chi connectivity index (χ0v) is 13.7. The largest absolute Gasteiger partial charge is 0.392 e. The number of anilines is 1. The second-order valence-electron chi connectivity index (χ2n) is 5.27. The van der Waals surface area contributed by atoms with Gasteiger partial charge in [-0.25, -0.2) is 0 Å². The molecule has 0 aromatic heterocycles. The Balaban J connectivity index is 1.84. The van der Waals surface area contributed by atoms with E-state index in [0.717, 1.165) is 28.1 Å². The summed E-state index contributed by atoms with van der Waals surface area (Å²) in [5.74, 6) is 1.18. The Bertz CT molecular complexity index is 655. The zero-order chi connectivity index (χ0) is 15.9. The summed E-state index contributed by atoms with van der Waals surface area (Å²) in [4.78, 5) is 12.0. The van der Waals surface area contributed by atoms with Crippen LogP contribution >= 0.6 is 11.8 Å². The first-order chi connectivity index (χ1) is 10.6. The average molecular weight is 315 g/mol. The molecule has 4 heteroatoms. The van der Waals surface area contributed by atoms with E-state index in [-0.39, 0.29) is 12.5 Å². The van der Waals surface area contributed by atoms with Crippen LogP contribution in [-0.2, 0) is 17.2 Å². The van der Waals surface area contributed by atoms with E-state index in [1.807, 2.05) is 56.3 Å². The molecule has 0 unspecified atom stereocenters. The van der Waals surface area contributed by atoms with Gasteiger partial charge in [0.1, 0.15) is 0 Å². The third kappa shape index (κ3) is 4.61. The molecule has 0 fully saturated rings. The van der Waals surface area contributed by atoms with Gasteiger partial charge in [-0.3, -0.25) is 4.79 Å². The first-order valence-corrected chi connectivity index (χ1v) is 8.38. The SMILES string of the molecule is Cc1cccc(NC(=O)CSCc2cccc(CO)c2)c1C. The zero-order valence-electron chi connectivity index (χ0n) is 12.9. The van der Waals surface area contributed by atoms with Crippen LogP contribution in [-0.4, -0.2) is 16.8 Å².